The molecule has 2 aromatic rings. The van der Waals surface area contributed by atoms with Crippen molar-refractivity contribution in [3.63, 3.8) is 0 Å². The number of aliphatic hydroxyl groups is 1. The number of carbonyl (C=O) groups excluding carboxylic acids is 3. The SMILES string of the molecule is C[C@H]1[C@H]([Si](C)(C)F)[C@@H](CCO)O[C@]12C(=O)N(Cc1cccc(N3CCCCC3=O)c1)c1ccc(N3CCCCC3=O)cc12. The molecule has 4 aliphatic heterocycles. The zero-order valence-electron chi connectivity index (χ0n) is 25.4. The molecule has 2 aromatic carbocycles. The largest absolute Gasteiger partial charge is 0.396 e. The first-order valence-electron chi connectivity index (χ1n) is 15.7. The van der Waals surface area contributed by atoms with E-state index < -0.39 is 31.6 Å². The first-order valence-corrected chi connectivity index (χ1v) is 18.7. The lowest BCUT2D eigenvalue weighted by Crippen LogP contribution is -2.45. The molecule has 1 spiro atoms. The Balaban J connectivity index is 1.42. The Morgan fingerprint density at radius 1 is 0.953 bits per heavy atom. The average molecular weight is 608 g/mol. The highest BCUT2D eigenvalue weighted by atomic mass is 28.4. The highest BCUT2D eigenvalue weighted by Crippen LogP contribution is 2.60. The van der Waals surface area contributed by atoms with Crippen molar-refractivity contribution in [2.45, 2.75) is 88.8 Å². The molecule has 8 nitrogen and oxygen atoms in total. The third-order valence-corrected chi connectivity index (χ3v) is 12.3. The maximum Gasteiger partial charge on any atom is 0.264 e. The van der Waals surface area contributed by atoms with Crippen molar-refractivity contribution in [2.75, 3.05) is 34.4 Å². The van der Waals surface area contributed by atoms with Crippen molar-refractivity contribution in [1.82, 2.24) is 0 Å². The topological polar surface area (TPSA) is 90.4 Å². The van der Waals surface area contributed by atoms with Gasteiger partial charge in [0.25, 0.3) is 5.91 Å². The van der Waals surface area contributed by atoms with Gasteiger partial charge in [-0.15, -0.1) is 0 Å². The summed E-state index contributed by atoms with van der Waals surface area (Å²) in [6.45, 7) is 6.59. The van der Waals surface area contributed by atoms with Crippen LogP contribution >= 0.6 is 0 Å². The second kappa shape index (κ2) is 11.4. The van der Waals surface area contributed by atoms with Gasteiger partial charge in [0.2, 0.25) is 20.2 Å². The van der Waals surface area contributed by atoms with Gasteiger partial charge in [0.15, 0.2) is 5.60 Å². The first kappa shape index (κ1) is 30.0. The monoisotopic (exact) mass is 607 g/mol. The van der Waals surface area contributed by atoms with Gasteiger partial charge in [0.05, 0.1) is 18.3 Å². The lowest BCUT2D eigenvalue weighted by molar-refractivity contribution is -0.146. The molecule has 0 unspecified atom stereocenters. The first-order chi connectivity index (χ1) is 20.6. The number of fused-ring (bicyclic) bond motifs is 2. The van der Waals surface area contributed by atoms with Crippen molar-refractivity contribution in [1.29, 1.82) is 0 Å². The summed E-state index contributed by atoms with van der Waals surface area (Å²) in [6, 6.07) is 13.4. The molecule has 4 atom stereocenters. The van der Waals surface area contributed by atoms with E-state index in [4.69, 9.17) is 4.74 Å². The van der Waals surface area contributed by atoms with Crippen molar-refractivity contribution in [3.8, 4) is 0 Å². The Kier molecular flexibility index (Phi) is 7.98. The fraction of sp³-hybridized carbons (Fsp3) is 0.545. The van der Waals surface area contributed by atoms with Crippen molar-refractivity contribution >= 4 is 43.2 Å². The summed E-state index contributed by atoms with van der Waals surface area (Å²) in [6.07, 6.45) is 4.29. The molecule has 0 aromatic heterocycles. The van der Waals surface area contributed by atoms with E-state index in [1.165, 1.54) is 0 Å². The second-order valence-corrected chi connectivity index (χ2v) is 16.8. The highest BCUT2D eigenvalue weighted by molar-refractivity contribution is 6.72. The van der Waals surface area contributed by atoms with Gasteiger partial charge in [-0.3, -0.25) is 14.4 Å². The molecule has 0 aliphatic carbocycles. The standard InChI is InChI=1S/C33H42FN3O5Si/c1-22-31(43(2,3)34)28(15-18-38)42-33(22)26-20-25(36-17-7-5-12-30(36)40)13-14-27(26)37(32(33)41)21-23-9-8-10-24(19-23)35-16-6-4-11-29(35)39/h8-10,13-14,19-20,22,28,31,38H,4-7,11-12,15-18,21H2,1-3H3/t22-,28+,31-,33+/m0/s1. The molecular weight excluding hydrogens is 565 g/mol. The molecule has 0 radical (unpaired) electrons. The number of rotatable bonds is 7. The quantitative estimate of drug-likeness (QED) is 0.335. The summed E-state index contributed by atoms with van der Waals surface area (Å²) in [4.78, 5) is 45.5. The van der Waals surface area contributed by atoms with Crippen LogP contribution in [0, 0.1) is 5.92 Å². The van der Waals surface area contributed by atoms with Gasteiger partial charge in [-0.25, -0.2) is 0 Å². The fourth-order valence-electron chi connectivity index (χ4n) is 7.92. The smallest absolute Gasteiger partial charge is 0.264 e. The number of aliphatic hydroxyl groups excluding tert-OH is 1. The molecule has 230 valence electrons. The van der Waals surface area contributed by atoms with E-state index in [1.54, 1.807) is 22.9 Å². The Hall–Kier alpha value is -3.08. The summed E-state index contributed by atoms with van der Waals surface area (Å²) in [5, 5.41) is 9.88. The maximum absolute atomic E-state index is 15.9. The minimum absolute atomic E-state index is 0.0548. The van der Waals surface area contributed by atoms with Crippen LogP contribution in [-0.2, 0) is 31.3 Å². The van der Waals surface area contributed by atoms with E-state index in [-0.39, 0.29) is 37.3 Å². The van der Waals surface area contributed by atoms with Crippen LogP contribution in [0.2, 0.25) is 18.6 Å². The summed E-state index contributed by atoms with van der Waals surface area (Å²) in [7, 11) is -3.33. The van der Waals surface area contributed by atoms with Gasteiger partial charge in [-0.2, -0.15) is 0 Å². The van der Waals surface area contributed by atoms with E-state index in [0.29, 0.717) is 37.2 Å². The lowest BCUT2D eigenvalue weighted by atomic mass is 9.82. The van der Waals surface area contributed by atoms with Crippen LogP contribution in [0.3, 0.4) is 0 Å². The summed E-state index contributed by atoms with van der Waals surface area (Å²) >= 11 is 0. The molecule has 3 amide bonds. The minimum Gasteiger partial charge on any atom is -0.396 e. The van der Waals surface area contributed by atoms with E-state index in [0.717, 1.165) is 42.6 Å². The number of nitrogens with zero attached hydrogens (tertiary/aromatic N) is 3. The molecular formula is C33H42FN3O5Si. The Bertz CT molecular complexity index is 1430. The van der Waals surface area contributed by atoms with Crippen LogP contribution in [0.5, 0.6) is 0 Å². The summed E-state index contributed by atoms with van der Waals surface area (Å²) in [5.41, 5.74) is 1.84. The number of halogens is 1. The number of benzene rings is 2. The molecule has 4 heterocycles. The van der Waals surface area contributed by atoms with Gasteiger partial charge in [-0.05, 0) is 81.1 Å². The van der Waals surface area contributed by atoms with Gasteiger partial charge in [0, 0.05) is 60.9 Å². The molecule has 3 saturated heterocycles. The van der Waals surface area contributed by atoms with Crippen LogP contribution in [0.1, 0.15) is 63.0 Å². The maximum atomic E-state index is 15.9. The number of piperidine rings is 2. The normalized spacial score (nSPS) is 27.9. The van der Waals surface area contributed by atoms with Crippen LogP contribution in [0.4, 0.5) is 21.2 Å². The Morgan fingerprint density at radius 3 is 2.21 bits per heavy atom. The fourth-order valence-corrected chi connectivity index (χ4v) is 10.5. The zero-order chi connectivity index (χ0) is 30.5. The average Bonchev–Trinajstić information content (AvgIpc) is 3.40. The van der Waals surface area contributed by atoms with Gasteiger partial charge >= 0.3 is 0 Å². The molecule has 0 saturated carbocycles. The third-order valence-electron chi connectivity index (χ3n) is 9.88. The Morgan fingerprint density at radius 2 is 1.60 bits per heavy atom. The van der Waals surface area contributed by atoms with Crippen molar-refractivity contribution < 1.29 is 28.3 Å². The summed E-state index contributed by atoms with van der Waals surface area (Å²) in [5.74, 6) is -0.562. The van der Waals surface area contributed by atoms with Gasteiger partial charge < -0.3 is 28.7 Å². The van der Waals surface area contributed by atoms with Gasteiger partial charge in [0.1, 0.15) is 0 Å². The lowest BCUT2D eigenvalue weighted by Gasteiger charge is -2.32. The van der Waals surface area contributed by atoms with Gasteiger partial charge in [-0.1, -0.05) is 19.1 Å². The number of hydrogen-bond donors (Lipinski definition) is 1. The Labute approximate surface area is 254 Å². The number of anilines is 3. The number of ether oxygens (including phenoxy) is 1. The molecule has 3 fully saturated rings. The summed E-state index contributed by atoms with van der Waals surface area (Å²) < 4.78 is 22.6. The number of hydrogen-bond acceptors (Lipinski definition) is 5. The molecule has 4 aliphatic rings. The minimum atomic E-state index is -3.33. The van der Waals surface area contributed by atoms with E-state index in [1.807, 2.05) is 54.3 Å². The van der Waals surface area contributed by atoms with Crippen molar-refractivity contribution in [3.05, 3.63) is 53.6 Å². The predicted octanol–water partition coefficient (Wildman–Crippen LogP) is 5.42. The second-order valence-electron chi connectivity index (χ2n) is 13.1. The highest BCUT2D eigenvalue weighted by Gasteiger charge is 2.66. The number of amides is 3. The third kappa shape index (κ3) is 5.11. The zero-order valence-corrected chi connectivity index (χ0v) is 26.4. The van der Waals surface area contributed by atoms with E-state index in [9.17, 15) is 19.5 Å². The van der Waals surface area contributed by atoms with E-state index >= 15 is 4.11 Å². The van der Waals surface area contributed by atoms with Crippen molar-refractivity contribution in [2.24, 2.45) is 5.92 Å². The van der Waals surface area contributed by atoms with Crippen LogP contribution in [-0.4, -0.2) is 57.0 Å². The molecule has 0 bridgehead atoms. The molecule has 1 N–H and O–H groups in total. The predicted molar refractivity (Wildman–Crippen MR) is 166 cm³/mol. The molecule has 43 heavy (non-hydrogen) atoms. The number of carbonyl (C=O) groups is 3. The molecule has 6 rings (SSSR count). The van der Waals surface area contributed by atoms with Crippen LogP contribution in [0.15, 0.2) is 42.5 Å². The van der Waals surface area contributed by atoms with Crippen LogP contribution in [0.25, 0.3) is 0 Å². The molecule has 10 heteroatoms. The van der Waals surface area contributed by atoms with E-state index in [2.05, 4.69) is 0 Å². The van der Waals surface area contributed by atoms with Crippen LogP contribution < -0.4 is 14.7 Å².